The highest BCUT2D eigenvalue weighted by molar-refractivity contribution is 7.57. The van der Waals surface area contributed by atoms with E-state index in [1.54, 1.807) is 61.3 Å². The summed E-state index contributed by atoms with van der Waals surface area (Å²) in [6, 6.07) is 19.4. The highest BCUT2D eigenvalue weighted by Crippen LogP contribution is 2.44. The predicted molar refractivity (Wildman–Crippen MR) is 336 cm³/mol. The number of carbonyl (C=O) groups excluding carboxylic acids is 1. The fraction of sp³-hybridized carbons (Fsp3) is 0.603. The average molecular weight is 1170 g/mol. The Morgan fingerprint density at radius 3 is 1.40 bits per heavy atom. The van der Waals surface area contributed by atoms with Gasteiger partial charge < -0.3 is 33.1 Å². The quantitative estimate of drug-likeness (QED) is 0.0884. The van der Waals surface area contributed by atoms with Crippen LogP contribution < -0.4 is 0 Å². The van der Waals surface area contributed by atoms with Gasteiger partial charge in [-0.1, -0.05) is 143 Å². The molecule has 19 heteroatoms. The van der Waals surface area contributed by atoms with Crippen molar-refractivity contribution in [3.63, 3.8) is 0 Å². The Labute approximate surface area is 495 Å². The number of aromatic nitrogens is 9. The number of aryl methyl sites for hydroxylation is 6. The normalized spacial score (nSPS) is 21.2. The molecule has 3 aliphatic heterocycles. The molecule has 464 valence electrons. The number of ketones is 1. The zero-order valence-electron chi connectivity index (χ0n) is 47.9. The molecule has 82 heavy (non-hydrogen) atoms. The first kappa shape index (κ1) is 78.8. The topological polar surface area (TPSA) is 185 Å². The second-order valence-electron chi connectivity index (χ2n) is 20.9. The van der Waals surface area contributed by atoms with Crippen LogP contribution in [0.25, 0.3) is 0 Å². The molecule has 0 bridgehead atoms. The van der Waals surface area contributed by atoms with Crippen LogP contribution in [0.15, 0.2) is 92.6 Å². The molecule has 0 aliphatic carbocycles. The molecule has 6 aromatic rings. The molecule has 3 aromatic carbocycles. The van der Waals surface area contributed by atoms with Crippen molar-refractivity contribution in [2.75, 3.05) is 60.9 Å². The number of rotatable bonds is 15. The number of hydrogen-bond acceptors (Lipinski definition) is 15. The van der Waals surface area contributed by atoms with Gasteiger partial charge in [0.1, 0.15) is 61.5 Å². The lowest BCUT2D eigenvalue weighted by Gasteiger charge is -2.30. The summed E-state index contributed by atoms with van der Waals surface area (Å²) in [5.41, 5.74) is 10.2. The summed E-state index contributed by atoms with van der Waals surface area (Å²) >= 11 is 0. The third-order valence-electron chi connectivity index (χ3n) is 13.4. The smallest absolute Gasteiger partial charge is 0.215 e. The van der Waals surface area contributed by atoms with E-state index in [1.807, 2.05) is 23.7 Å². The molecule has 6 heterocycles. The fourth-order valence-corrected chi connectivity index (χ4v) is 9.66. The van der Waals surface area contributed by atoms with E-state index in [9.17, 15) is 9.36 Å². The number of hydrogen-bond donors (Lipinski definition) is 0. The minimum atomic E-state index is -2.15. The zero-order valence-corrected chi connectivity index (χ0v) is 48.8. The Bertz CT molecular complexity index is 2480. The highest BCUT2D eigenvalue weighted by Gasteiger charge is 2.46. The summed E-state index contributed by atoms with van der Waals surface area (Å²) in [6.45, 7) is 28.2. The summed E-state index contributed by atoms with van der Waals surface area (Å²) in [6.07, 6.45) is 13.8. The van der Waals surface area contributed by atoms with Crippen LogP contribution >= 0.6 is 7.37 Å². The summed E-state index contributed by atoms with van der Waals surface area (Å²) in [5, 5.41) is 12.7. The van der Waals surface area contributed by atoms with E-state index in [1.165, 1.54) is 57.9 Å². The molecule has 6 unspecified atom stereocenters. The van der Waals surface area contributed by atoms with E-state index in [2.05, 4.69) is 152 Å². The van der Waals surface area contributed by atoms with E-state index < -0.39 is 18.8 Å². The van der Waals surface area contributed by atoms with Crippen molar-refractivity contribution in [3.8, 4) is 0 Å². The van der Waals surface area contributed by atoms with Crippen molar-refractivity contribution in [2.24, 2.45) is 5.92 Å². The molecule has 0 radical (unpaired) electrons. The Balaban J connectivity index is 0. The standard InChI is InChI=1S/C17H23N3O.2C16H21N3O2.C5H11NO.C3H9O2P.6CH4/c1-4-15-8-17(21-9-15,10-20-12-18-11-19-20)16-6-5-13(2)7-14(16)3;1-4-15-20-9-16(21-15,8-19-11-17-10-18-19)14-6-5-12(2)7-13(14)3;1-4-14-8-20-16(21-14,9-19-11-17-10-18-19)15-6-5-12(2)7-13(15)3;1-5(7)4-6(2)3;1-5-6(2,3)4;;;;;;/h5-7,11-12,15H,4,8-10H2,1-3H3;5-7,10-11,15H,4,8-9H2,1-3H3;5-7,10-11,14H,4,8-9H2,1-3H3;4H2,1-3H3;1-3H3;6*1H4. The van der Waals surface area contributed by atoms with Gasteiger partial charge in [-0.2, -0.15) is 15.3 Å². The van der Waals surface area contributed by atoms with E-state index in [-0.39, 0.29) is 68.3 Å². The molecule has 6 atom stereocenters. The van der Waals surface area contributed by atoms with E-state index >= 15 is 0 Å². The van der Waals surface area contributed by atoms with Crippen molar-refractivity contribution in [1.29, 1.82) is 0 Å². The minimum Gasteiger partial charge on any atom is -0.368 e. The molecule has 3 aromatic heterocycles. The predicted octanol–water partition coefficient (Wildman–Crippen LogP) is 13.5. The molecule has 3 fully saturated rings. The number of Topliss-reactive ketones (excluding diaryl/α,β-unsaturated/α-hetero) is 1. The van der Waals surface area contributed by atoms with Crippen molar-refractivity contribution in [3.05, 3.63) is 143 Å². The maximum absolute atomic E-state index is 10.4. The third kappa shape index (κ3) is 22.7. The van der Waals surface area contributed by atoms with Crippen LogP contribution in [-0.4, -0.2) is 128 Å². The van der Waals surface area contributed by atoms with Gasteiger partial charge in [0, 0.05) is 26.0 Å². The number of benzene rings is 3. The highest BCUT2D eigenvalue weighted by atomic mass is 31.2. The van der Waals surface area contributed by atoms with E-state index in [0.717, 1.165) is 44.4 Å². The van der Waals surface area contributed by atoms with Gasteiger partial charge in [-0.25, -0.2) is 29.0 Å². The van der Waals surface area contributed by atoms with E-state index in [0.29, 0.717) is 38.8 Å². The van der Waals surface area contributed by atoms with Crippen molar-refractivity contribution < 1.29 is 37.6 Å². The van der Waals surface area contributed by atoms with Crippen molar-refractivity contribution in [1.82, 2.24) is 49.2 Å². The van der Waals surface area contributed by atoms with Crippen LogP contribution in [0, 0.1) is 47.5 Å². The maximum atomic E-state index is 10.4. The van der Waals surface area contributed by atoms with Crippen LogP contribution in [0.4, 0.5) is 0 Å². The molecule has 3 aliphatic rings. The lowest BCUT2D eigenvalue weighted by atomic mass is 9.83. The van der Waals surface area contributed by atoms with Crippen LogP contribution in [0.1, 0.15) is 148 Å². The Kier molecular flexibility index (Phi) is 35.0. The van der Waals surface area contributed by atoms with E-state index in [4.69, 9.17) is 23.7 Å². The fourth-order valence-electron chi connectivity index (χ4n) is 9.66. The van der Waals surface area contributed by atoms with Crippen LogP contribution in [0.5, 0.6) is 0 Å². The summed E-state index contributed by atoms with van der Waals surface area (Å²) < 4.78 is 51.1. The second kappa shape index (κ2) is 36.4. The average Bonchev–Trinajstić information content (AvgIpc) is 4.35. The molecule has 0 spiro atoms. The summed E-state index contributed by atoms with van der Waals surface area (Å²) in [4.78, 5) is 24.1. The maximum Gasteiger partial charge on any atom is 0.215 e. The van der Waals surface area contributed by atoms with Gasteiger partial charge in [-0.05, 0) is 116 Å². The van der Waals surface area contributed by atoms with Gasteiger partial charge in [0.05, 0.1) is 45.6 Å². The number of nitrogens with zero attached hydrogens (tertiary/aromatic N) is 10. The Morgan fingerprint density at radius 1 is 0.634 bits per heavy atom. The first-order valence-electron chi connectivity index (χ1n) is 26.3. The SMILES string of the molecule is C.C.C.C.C.C.CC(=O)CN(C)C.CCC1COC(Cn2cncn2)(c2ccc(C)cc2C)C1.CCC1COC(Cn2cncn2)(c2ccc(C)cc2C)O1.CCC1OCC(Cn2cncn2)(c2ccc(C)cc2C)O1.COP(C)(C)=O. The van der Waals surface area contributed by atoms with Gasteiger partial charge in [-0.15, -0.1) is 0 Å². The van der Waals surface area contributed by atoms with Gasteiger partial charge >= 0.3 is 0 Å². The molecular formula is C63H109N10O8P. The van der Waals surface area contributed by atoms with Crippen LogP contribution in [0.3, 0.4) is 0 Å². The molecule has 3 saturated heterocycles. The molecule has 0 amide bonds. The van der Waals surface area contributed by atoms with Crippen LogP contribution in [-0.2, 0) is 74.2 Å². The first-order chi connectivity index (χ1) is 36.1. The van der Waals surface area contributed by atoms with Crippen molar-refractivity contribution >= 4 is 13.2 Å². The first-order valence-corrected chi connectivity index (χ1v) is 28.8. The Hall–Kier alpha value is -5.30. The molecule has 0 saturated carbocycles. The van der Waals surface area contributed by atoms with Gasteiger partial charge in [0.2, 0.25) is 5.79 Å². The van der Waals surface area contributed by atoms with Crippen molar-refractivity contribution in [2.45, 2.75) is 188 Å². The largest absolute Gasteiger partial charge is 0.368 e. The van der Waals surface area contributed by atoms with Gasteiger partial charge in [0.15, 0.2) is 13.7 Å². The minimum absolute atomic E-state index is 0. The van der Waals surface area contributed by atoms with Crippen LogP contribution in [0.2, 0.25) is 0 Å². The second-order valence-corrected chi connectivity index (χ2v) is 23.7. The van der Waals surface area contributed by atoms with Gasteiger partial charge in [0.25, 0.3) is 0 Å². The lowest BCUT2D eigenvalue weighted by Crippen LogP contribution is -2.35. The Morgan fingerprint density at radius 2 is 1.07 bits per heavy atom. The lowest BCUT2D eigenvalue weighted by molar-refractivity contribution is -0.189. The molecule has 9 rings (SSSR count). The zero-order chi connectivity index (χ0) is 55.7. The number of likely N-dealkylation sites (N-methyl/N-ethyl adjacent to an activating group) is 1. The summed E-state index contributed by atoms with van der Waals surface area (Å²) in [7, 11) is 3.05. The third-order valence-corrected chi connectivity index (χ3v) is 14.3. The molecular weight excluding hydrogens is 1060 g/mol. The molecule has 18 nitrogen and oxygen atoms in total. The van der Waals surface area contributed by atoms with Gasteiger partial charge in [-0.3, -0.25) is 9.36 Å². The number of carbonyl (C=O) groups is 1. The number of ether oxygens (including phenoxy) is 5. The summed E-state index contributed by atoms with van der Waals surface area (Å²) in [5.74, 6) is 0.0609. The monoisotopic (exact) mass is 1160 g/mol. The molecule has 0 N–H and O–H groups in total.